The van der Waals surface area contributed by atoms with Crippen LogP contribution in [0.2, 0.25) is 0 Å². The van der Waals surface area contributed by atoms with E-state index in [-0.39, 0.29) is 0 Å². The van der Waals surface area contributed by atoms with E-state index in [1.165, 1.54) is 24.0 Å². The first-order valence-corrected chi connectivity index (χ1v) is 8.73. The van der Waals surface area contributed by atoms with Crippen molar-refractivity contribution in [2.75, 3.05) is 11.9 Å². The molecule has 2 aromatic carbocycles. The van der Waals surface area contributed by atoms with Crippen molar-refractivity contribution in [1.29, 1.82) is 0 Å². The number of hydrogen-bond acceptors (Lipinski definition) is 5. The monoisotopic (exact) mass is 357 g/mol. The lowest BCUT2D eigenvalue weighted by molar-refractivity contribution is 0.616. The zero-order chi connectivity index (χ0) is 18.3. The second kappa shape index (κ2) is 8.14. The third-order valence-electron chi connectivity index (χ3n) is 4.19. The largest absolute Gasteiger partial charge is 0.464 e. The van der Waals surface area contributed by atoms with Gasteiger partial charge in [-0.2, -0.15) is 0 Å². The minimum absolute atomic E-state index is 0.713. The lowest BCUT2D eigenvalue weighted by Crippen LogP contribution is -1.90. The Kier molecular flexibility index (Phi) is 5.06. The Morgan fingerprint density at radius 1 is 0.926 bits per heavy atom. The standard InChI is InChI=1S/C8H9N.C8H6O.C5H4N4/c2*1-2-4-8-7(3-1)5-6-9-8;1-4-5(8-2-6-1)9-3-7-4/h1-4,9H,5-6H2;1-6H;1-3H,(H,6,7,8,9). The number of furan rings is 1. The lowest BCUT2D eigenvalue weighted by Gasteiger charge is -1.94. The third kappa shape index (κ3) is 4.12. The van der Waals surface area contributed by atoms with E-state index < -0.39 is 0 Å². The molecule has 1 aliphatic rings. The molecule has 134 valence electrons. The van der Waals surface area contributed by atoms with Crippen LogP contribution in [0.5, 0.6) is 0 Å². The zero-order valence-electron chi connectivity index (χ0n) is 14.7. The molecule has 0 amide bonds. The van der Waals surface area contributed by atoms with Crippen molar-refractivity contribution in [2.45, 2.75) is 6.42 Å². The SMILES string of the molecule is c1ccc2c(c1)CCN2.c1ccc2occc2c1.c1ncc2[nH]cnc2n1. The van der Waals surface area contributed by atoms with Crippen LogP contribution in [0.3, 0.4) is 0 Å². The van der Waals surface area contributed by atoms with Gasteiger partial charge in [-0.05, 0) is 30.2 Å². The summed E-state index contributed by atoms with van der Waals surface area (Å²) < 4.78 is 5.12. The summed E-state index contributed by atoms with van der Waals surface area (Å²) in [5.74, 6) is 0. The van der Waals surface area contributed by atoms with Crippen LogP contribution >= 0.6 is 0 Å². The number of aromatic amines is 1. The van der Waals surface area contributed by atoms with Gasteiger partial charge in [-0.15, -0.1) is 0 Å². The highest BCUT2D eigenvalue weighted by molar-refractivity contribution is 5.76. The first-order valence-electron chi connectivity index (χ1n) is 8.73. The molecular weight excluding hydrogens is 338 g/mol. The van der Waals surface area contributed by atoms with Gasteiger partial charge in [0, 0.05) is 17.6 Å². The molecule has 6 nitrogen and oxygen atoms in total. The van der Waals surface area contributed by atoms with Crippen LogP contribution in [0.1, 0.15) is 5.56 Å². The van der Waals surface area contributed by atoms with Gasteiger partial charge in [0.15, 0.2) is 5.65 Å². The van der Waals surface area contributed by atoms with E-state index in [0.717, 1.165) is 23.0 Å². The number of fused-ring (bicyclic) bond motifs is 3. The lowest BCUT2D eigenvalue weighted by atomic mass is 10.2. The van der Waals surface area contributed by atoms with Gasteiger partial charge in [-0.1, -0.05) is 36.4 Å². The third-order valence-corrected chi connectivity index (χ3v) is 4.19. The molecule has 5 aromatic rings. The van der Waals surface area contributed by atoms with Crippen molar-refractivity contribution < 1.29 is 4.42 Å². The van der Waals surface area contributed by atoms with Crippen molar-refractivity contribution in [2.24, 2.45) is 0 Å². The summed E-state index contributed by atoms with van der Waals surface area (Å²) in [6, 6.07) is 18.4. The summed E-state index contributed by atoms with van der Waals surface area (Å²) in [6.45, 7) is 1.11. The van der Waals surface area contributed by atoms with Gasteiger partial charge in [0.05, 0.1) is 18.8 Å². The van der Waals surface area contributed by atoms with Crippen LogP contribution in [-0.4, -0.2) is 26.5 Å². The molecule has 0 bridgehead atoms. The van der Waals surface area contributed by atoms with Gasteiger partial charge in [0.2, 0.25) is 0 Å². The predicted molar refractivity (Wildman–Crippen MR) is 107 cm³/mol. The maximum atomic E-state index is 5.12. The van der Waals surface area contributed by atoms with Gasteiger partial charge in [-0.3, -0.25) is 0 Å². The highest BCUT2D eigenvalue weighted by Crippen LogP contribution is 2.20. The van der Waals surface area contributed by atoms with Crippen LogP contribution in [0, 0.1) is 0 Å². The Hall–Kier alpha value is -3.67. The summed E-state index contributed by atoms with van der Waals surface area (Å²) in [5.41, 5.74) is 5.31. The number of hydrogen-bond donors (Lipinski definition) is 2. The minimum Gasteiger partial charge on any atom is -0.464 e. The molecule has 0 saturated carbocycles. The quantitative estimate of drug-likeness (QED) is 0.428. The number of benzene rings is 2. The highest BCUT2D eigenvalue weighted by Gasteiger charge is 2.05. The van der Waals surface area contributed by atoms with Crippen LogP contribution in [-0.2, 0) is 6.42 Å². The summed E-state index contributed by atoms with van der Waals surface area (Å²) >= 11 is 0. The maximum absolute atomic E-state index is 5.12. The first-order chi connectivity index (χ1) is 13.4. The molecule has 1 aliphatic heterocycles. The molecule has 0 spiro atoms. The van der Waals surface area contributed by atoms with Gasteiger partial charge >= 0.3 is 0 Å². The molecular formula is C21H19N5O. The number of rotatable bonds is 0. The van der Waals surface area contributed by atoms with Crippen molar-refractivity contribution in [1.82, 2.24) is 19.9 Å². The van der Waals surface area contributed by atoms with E-state index in [1.54, 1.807) is 18.8 Å². The number of aromatic nitrogens is 4. The van der Waals surface area contributed by atoms with Crippen LogP contribution in [0.15, 0.2) is 84.1 Å². The number of nitrogens with zero attached hydrogens (tertiary/aromatic N) is 3. The van der Waals surface area contributed by atoms with E-state index in [0.29, 0.717) is 5.65 Å². The number of nitrogens with one attached hydrogen (secondary N) is 2. The van der Waals surface area contributed by atoms with Gasteiger partial charge in [0.1, 0.15) is 17.4 Å². The van der Waals surface area contributed by atoms with E-state index in [2.05, 4.69) is 49.5 Å². The summed E-state index contributed by atoms with van der Waals surface area (Å²) in [4.78, 5) is 14.5. The number of anilines is 1. The summed E-state index contributed by atoms with van der Waals surface area (Å²) in [5, 5.41) is 4.46. The highest BCUT2D eigenvalue weighted by atomic mass is 16.3. The van der Waals surface area contributed by atoms with Crippen LogP contribution < -0.4 is 5.32 Å². The van der Waals surface area contributed by atoms with Gasteiger partial charge < -0.3 is 14.7 Å². The number of para-hydroxylation sites is 2. The molecule has 2 N–H and O–H groups in total. The Morgan fingerprint density at radius 3 is 2.70 bits per heavy atom. The van der Waals surface area contributed by atoms with Crippen molar-refractivity contribution >= 4 is 27.8 Å². The fraction of sp³-hybridized carbons (Fsp3) is 0.0952. The molecule has 27 heavy (non-hydrogen) atoms. The Labute approximate surface area is 156 Å². The number of H-pyrrole nitrogens is 1. The molecule has 0 unspecified atom stereocenters. The van der Waals surface area contributed by atoms with Crippen molar-refractivity contribution in [3.63, 3.8) is 0 Å². The summed E-state index contributed by atoms with van der Waals surface area (Å²) in [6.07, 6.45) is 7.65. The first kappa shape index (κ1) is 16.8. The Morgan fingerprint density at radius 2 is 1.81 bits per heavy atom. The Bertz CT molecular complexity index is 982. The topological polar surface area (TPSA) is 79.6 Å². The molecule has 0 radical (unpaired) electrons. The second-order valence-corrected chi connectivity index (χ2v) is 5.95. The molecule has 0 atom stereocenters. The van der Waals surface area contributed by atoms with E-state index in [9.17, 15) is 0 Å². The van der Waals surface area contributed by atoms with Crippen LogP contribution in [0.25, 0.3) is 22.1 Å². The average molecular weight is 357 g/mol. The van der Waals surface area contributed by atoms with Gasteiger partial charge in [0.25, 0.3) is 0 Å². The van der Waals surface area contributed by atoms with E-state index >= 15 is 0 Å². The minimum atomic E-state index is 0.713. The van der Waals surface area contributed by atoms with Crippen molar-refractivity contribution in [3.8, 4) is 0 Å². The van der Waals surface area contributed by atoms with Crippen molar-refractivity contribution in [3.05, 3.63) is 85.3 Å². The predicted octanol–water partition coefficient (Wildman–Crippen LogP) is 4.44. The van der Waals surface area contributed by atoms with Gasteiger partial charge in [-0.25, -0.2) is 15.0 Å². The maximum Gasteiger partial charge on any atom is 0.180 e. The normalized spacial score (nSPS) is 11.7. The molecule has 6 heteroatoms. The molecule has 6 rings (SSSR count). The molecule has 0 fully saturated rings. The Balaban J connectivity index is 0.0000001000. The van der Waals surface area contributed by atoms with E-state index in [4.69, 9.17) is 4.42 Å². The zero-order valence-corrected chi connectivity index (χ0v) is 14.7. The fourth-order valence-corrected chi connectivity index (χ4v) is 2.84. The van der Waals surface area contributed by atoms with E-state index in [1.807, 2.05) is 30.3 Å². The molecule has 3 aromatic heterocycles. The van der Waals surface area contributed by atoms with Crippen LogP contribution in [0.4, 0.5) is 5.69 Å². The molecule has 0 saturated heterocycles. The molecule has 4 heterocycles. The fourth-order valence-electron chi connectivity index (χ4n) is 2.84. The second-order valence-electron chi connectivity index (χ2n) is 5.95. The molecule has 0 aliphatic carbocycles. The summed E-state index contributed by atoms with van der Waals surface area (Å²) in [7, 11) is 0. The smallest absolute Gasteiger partial charge is 0.180 e. The number of imidazole rings is 1. The average Bonchev–Trinajstić information content (AvgIpc) is 3.48.